The maximum atomic E-state index is 12.5. The molecule has 126 valence electrons. The van der Waals surface area contributed by atoms with Crippen molar-refractivity contribution in [2.75, 3.05) is 27.5 Å². The van der Waals surface area contributed by atoms with Crippen LogP contribution in [0.3, 0.4) is 0 Å². The minimum Gasteiger partial charge on any atom is -0.492 e. The van der Waals surface area contributed by atoms with Crippen molar-refractivity contribution >= 4 is 5.78 Å². The quantitative estimate of drug-likeness (QED) is 0.804. The normalized spacial score (nSPS) is 19.2. The summed E-state index contributed by atoms with van der Waals surface area (Å²) in [5.74, 6) is 2.37. The van der Waals surface area contributed by atoms with Crippen molar-refractivity contribution < 1.29 is 23.4 Å². The van der Waals surface area contributed by atoms with E-state index in [1.165, 1.54) is 6.26 Å². The van der Waals surface area contributed by atoms with Crippen molar-refractivity contribution in [1.29, 1.82) is 0 Å². The molecule has 6 heteroatoms. The third-order valence-corrected chi connectivity index (χ3v) is 4.72. The first-order valence-corrected chi connectivity index (χ1v) is 7.95. The summed E-state index contributed by atoms with van der Waals surface area (Å²) in [6.07, 6.45) is 2.72. The molecule has 0 radical (unpaired) electrons. The highest BCUT2D eigenvalue weighted by Crippen LogP contribution is 2.50. The summed E-state index contributed by atoms with van der Waals surface area (Å²) in [5.41, 5.74) is 2.15. The zero-order valence-corrected chi connectivity index (χ0v) is 13.7. The summed E-state index contributed by atoms with van der Waals surface area (Å²) in [4.78, 5) is 14.7. The van der Waals surface area contributed by atoms with Gasteiger partial charge in [-0.15, -0.1) is 0 Å². The number of furan rings is 1. The molecule has 0 amide bonds. The average molecular weight is 329 g/mol. The summed E-state index contributed by atoms with van der Waals surface area (Å²) >= 11 is 0. The fraction of sp³-hybridized carbons (Fsp3) is 0.389. The standard InChI is InChI=1S/C18H19NO5/c1-19-6-5-11-8-15-17(24-10-23-15)18(21-2)16(11)12(19)9-13(20)14-4-3-7-22-14/h3-4,7-8,12H,5-6,9-10H2,1-2H3. The molecule has 0 spiro atoms. The second-order valence-corrected chi connectivity index (χ2v) is 6.07. The van der Waals surface area contributed by atoms with Crippen LogP contribution in [0.25, 0.3) is 0 Å². The van der Waals surface area contributed by atoms with Crippen molar-refractivity contribution in [2.45, 2.75) is 18.9 Å². The third kappa shape index (κ3) is 2.34. The summed E-state index contributed by atoms with van der Waals surface area (Å²) in [7, 11) is 3.64. The Kier molecular flexibility index (Phi) is 3.69. The van der Waals surface area contributed by atoms with Crippen molar-refractivity contribution in [3.8, 4) is 17.2 Å². The highest BCUT2D eigenvalue weighted by Gasteiger charge is 2.35. The first kappa shape index (κ1) is 15.1. The Morgan fingerprint density at radius 3 is 3.04 bits per heavy atom. The number of hydrogen-bond acceptors (Lipinski definition) is 6. The second-order valence-electron chi connectivity index (χ2n) is 6.07. The SMILES string of the molecule is COc1c2c(cc3c1C(CC(=O)c1ccco1)N(C)CC3)OCO2. The molecule has 6 nitrogen and oxygen atoms in total. The second kappa shape index (κ2) is 5.87. The van der Waals surface area contributed by atoms with E-state index in [1.807, 2.05) is 13.1 Å². The van der Waals surface area contributed by atoms with E-state index in [2.05, 4.69) is 4.90 Å². The Bertz CT molecular complexity index is 768. The largest absolute Gasteiger partial charge is 0.492 e. The van der Waals surface area contributed by atoms with Gasteiger partial charge in [-0.1, -0.05) is 0 Å². The molecule has 0 aliphatic carbocycles. The van der Waals surface area contributed by atoms with E-state index in [1.54, 1.807) is 19.2 Å². The fourth-order valence-corrected chi connectivity index (χ4v) is 3.50. The number of nitrogens with zero attached hydrogens (tertiary/aromatic N) is 1. The van der Waals surface area contributed by atoms with E-state index in [0.29, 0.717) is 29.4 Å². The zero-order valence-electron chi connectivity index (χ0n) is 13.7. The van der Waals surface area contributed by atoms with Crippen LogP contribution in [0.15, 0.2) is 28.9 Å². The Balaban J connectivity index is 1.75. The molecule has 0 saturated carbocycles. The lowest BCUT2D eigenvalue weighted by Gasteiger charge is -2.35. The number of rotatable bonds is 4. The van der Waals surface area contributed by atoms with E-state index in [-0.39, 0.29) is 18.6 Å². The molecular formula is C18H19NO5. The van der Waals surface area contributed by atoms with E-state index >= 15 is 0 Å². The van der Waals surface area contributed by atoms with Crippen molar-refractivity contribution in [2.24, 2.45) is 0 Å². The van der Waals surface area contributed by atoms with Gasteiger partial charge in [0.25, 0.3) is 0 Å². The predicted molar refractivity (Wildman–Crippen MR) is 85.8 cm³/mol. The third-order valence-electron chi connectivity index (χ3n) is 4.72. The van der Waals surface area contributed by atoms with Gasteiger partial charge < -0.3 is 18.6 Å². The van der Waals surface area contributed by atoms with E-state index < -0.39 is 0 Å². The van der Waals surface area contributed by atoms with Crippen LogP contribution in [0.4, 0.5) is 0 Å². The van der Waals surface area contributed by atoms with E-state index in [0.717, 1.165) is 24.1 Å². The number of ether oxygens (including phenoxy) is 3. The molecule has 0 N–H and O–H groups in total. The summed E-state index contributed by atoms with van der Waals surface area (Å²) < 4.78 is 22.0. The highest BCUT2D eigenvalue weighted by molar-refractivity contribution is 5.94. The lowest BCUT2D eigenvalue weighted by Crippen LogP contribution is -2.34. The molecule has 1 aromatic carbocycles. The zero-order chi connectivity index (χ0) is 16.7. The van der Waals surface area contributed by atoms with Gasteiger partial charge in [-0.25, -0.2) is 0 Å². The molecule has 1 atom stereocenters. The van der Waals surface area contributed by atoms with Gasteiger partial charge in [-0.3, -0.25) is 9.69 Å². The van der Waals surface area contributed by atoms with Crippen LogP contribution in [-0.2, 0) is 6.42 Å². The van der Waals surface area contributed by atoms with Gasteiger partial charge in [0.15, 0.2) is 23.0 Å². The summed E-state index contributed by atoms with van der Waals surface area (Å²) in [6.45, 7) is 1.06. The molecule has 0 fully saturated rings. The van der Waals surface area contributed by atoms with Crippen LogP contribution in [0.1, 0.15) is 34.1 Å². The minimum atomic E-state index is -0.0872. The number of carbonyl (C=O) groups is 1. The van der Waals surface area contributed by atoms with Crippen LogP contribution in [0, 0.1) is 0 Å². The van der Waals surface area contributed by atoms with Crippen molar-refractivity contribution in [1.82, 2.24) is 4.90 Å². The van der Waals surface area contributed by atoms with Gasteiger partial charge >= 0.3 is 0 Å². The molecule has 4 rings (SSSR count). The van der Waals surface area contributed by atoms with Gasteiger partial charge in [-0.2, -0.15) is 0 Å². The van der Waals surface area contributed by atoms with Crippen LogP contribution in [0.2, 0.25) is 0 Å². The summed E-state index contributed by atoms with van der Waals surface area (Å²) in [6, 6.07) is 5.35. The van der Waals surface area contributed by atoms with Crippen LogP contribution in [0.5, 0.6) is 17.2 Å². The lowest BCUT2D eigenvalue weighted by atomic mass is 9.88. The van der Waals surface area contributed by atoms with Gasteiger partial charge in [0.1, 0.15) is 0 Å². The number of fused-ring (bicyclic) bond motifs is 2. The fourth-order valence-electron chi connectivity index (χ4n) is 3.50. The number of likely N-dealkylation sites (N-methyl/N-ethyl adjacent to an activating group) is 1. The molecule has 0 saturated heterocycles. The number of Topliss-reactive ketones (excluding diaryl/α,β-unsaturated/α-hetero) is 1. The molecule has 1 unspecified atom stereocenters. The summed E-state index contributed by atoms with van der Waals surface area (Å²) in [5, 5.41) is 0. The van der Waals surface area contributed by atoms with Gasteiger partial charge in [0.05, 0.1) is 13.4 Å². The van der Waals surface area contributed by atoms with Crippen molar-refractivity contribution in [3.05, 3.63) is 41.3 Å². The minimum absolute atomic E-state index is 0.0237. The molecule has 3 heterocycles. The van der Waals surface area contributed by atoms with Gasteiger partial charge in [0, 0.05) is 24.6 Å². The maximum Gasteiger partial charge on any atom is 0.231 e. The van der Waals surface area contributed by atoms with Crippen LogP contribution >= 0.6 is 0 Å². The Hall–Kier alpha value is -2.47. The van der Waals surface area contributed by atoms with E-state index in [4.69, 9.17) is 18.6 Å². The van der Waals surface area contributed by atoms with Crippen LogP contribution < -0.4 is 14.2 Å². The molecule has 2 aliphatic rings. The van der Waals surface area contributed by atoms with E-state index in [9.17, 15) is 4.79 Å². The smallest absolute Gasteiger partial charge is 0.231 e. The topological polar surface area (TPSA) is 61.1 Å². The maximum absolute atomic E-state index is 12.5. The van der Waals surface area contributed by atoms with Crippen LogP contribution in [-0.4, -0.2) is 38.2 Å². The average Bonchev–Trinajstić information content (AvgIpc) is 3.26. The molecule has 0 bridgehead atoms. The first-order chi connectivity index (χ1) is 11.7. The number of hydrogen-bond donors (Lipinski definition) is 0. The molecule has 24 heavy (non-hydrogen) atoms. The Morgan fingerprint density at radius 1 is 1.42 bits per heavy atom. The Labute approximate surface area is 139 Å². The number of carbonyl (C=O) groups excluding carboxylic acids is 1. The number of methoxy groups -OCH3 is 1. The number of benzene rings is 1. The predicted octanol–water partition coefficient (Wildman–Crippen LogP) is 2.82. The van der Waals surface area contributed by atoms with Gasteiger partial charge in [0.2, 0.25) is 12.5 Å². The van der Waals surface area contributed by atoms with Gasteiger partial charge in [-0.05, 0) is 37.2 Å². The van der Waals surface area contributed by atoms with Crippen molar-refractivity contribution in [3.63, 3.8) is 0 Å². The Morgan fingerprint density at radius 2 is 2.29 bits per heavy atom. The molecular weight excluding hydrogens is 310 g/mol. The number of ketones is 1. The molecule has 1 aromatic heterocycles. The lowest BCUT2D eigenvalue weighted by molar-refractivity contribution is 0.0898. The molecule has 2 aliphatic heterocycles. The molecule has 2 aromatic rings. The highest BCUT2D eigenvalue weighted by atomic mass is 16.7. The monoisotopic (exact) mass is 329 g/mol. The first-order valence-electron chi connectivity index (χ1n) is 7.95.